The molecule has 68 heavy (non-hydrogen) atoms. The maximum atomic E-state index is 5.44. The zero-order chi connectivity index (χ0) is 44.7. The van der Waals surface area contributed by atoms with Crippen LogP contribution in [0.5, 0.6) is 0 Å². The number of fused-ring (bicyclic) bond motifs is 12. The van der Waals surface area contributed by atoms with Crippen molar-refractivity contribution in [3.8, 4) is 56.7 Å². The molecule has 0 saturated heterocycles. The van der Waals surface area contributed by atoms with Crippen LogP contribution in [0.4, 0.5) is 0 Å². The molecule has 0 N–H and O–H groups in total. The highest BCUT2D eigenvalue weighted by Crippen LogP contribution is 2.41. The lowest BCUT2D eigenvalue weighted by atomic mass is 9.93. The van der Waals surface area contributed by atoms with Crippen molar-refractivity contribution in [3.05, 3.63) is 237 Å². The second-order valence-electron chi connectivity index (χ2n) is 17.5. The first-order valence-corrected chi connectivity index (χ1v) is 23.1. The molecule has 3 heterocycles. The van der Waals surface area contributed by atoms with Crippen LogP contribution >= 0.6 is 0 Å². The molecule has 0 atom stereocenters. The van der Waals surface area contributed by atoms with Crippen LogP contribution in [-0.4, -0.2) is 24.1 Å². The van der Waals surface area contributed by atoms with Gasteiger partial charge in [-0.2, -0.15) is 0 Å². The van der Waals surface area contributed by atoms with Crippen LogP contribution in [0.15, 0.2) is 237 Å². The Bertz CT molecular complexity index is 4230. The van der Waals surface area contributed by atoms with Gasteiger partial charge in [0.05, 0.1) is 22.1 Å². The SMILES string of the molecule is c1ccc(-c2nc(-c3ccc4c5ccccc5c5ccccc5c4c3)nc(-c3cc(-n4c5ccccc5c5cc(-n6c7ccccc7c7ccccc76)ccc54)ccc3-c3ccccc3)n2)cc1. The standard InChI is InChI=1S/C63H39N5/c1-3-17-40(18-4-1)45-35-32-43(68-59-30-16-13-27-53(59)55-38-44(33-36-60(55)68)67-57-28-14-11-25-51(57)52-26-12-15-29-58(52)67)39-56(45)63-65-61(41-19-5-2-6-20-41)64-62(66-63)42-31-34-50-48-23-8-7-21-46(48)47-22-9-10-24-49(47)54(50)37-42/h1-39H. The maximum Gasteiger partial charge on any atom is 0.164 e. The van der Waals surface area contributed by atoms with Gasteiger partial charge >= 0.3 is 0 Å². The Kier molecular flexibility index (Phi) is 8.52. The van der Waals surface area contributed by atoms with Gasteiger partial charge in [0.1, 0.15) is 0 Å². The van der Waals surface area contributed by atoms with E-state index in [-0.39, 0.29) is 0 Å². The van der Waals surface area contributed by atoms with Gasteiger partial charge in [-0.05, 0) is 98.0 Å². The molecule has 0 radical (unpaired) electrons. The maximum absolute atomic E-state index is 5.44. The molecule has 0 amide bonds. The average Bonchev–Trinajstić information content (AvgIpc) is 3.93. The molecular weight excluding hydrogens is 827 g/mol. The summed E-state index contributed by atoms with van der Waals surface area (Å²) in [5.74, 6) is 1.84. The van der Waals surface area contributed by atoms with Gasteiger partial charge in [-0.1, -0.05) is 182 Å². The number of para-hydroxylation sites is 3. The van der Waals surface area contributed by atoms with Crippen LogP contribution in [0.2, 0.25) is 0 Å². The minimum absolute atomic E-state index is 0.604. The van der Waals surface area contributed by atoms with Crippen molar-refractivity contribution in [2.45, 2.75) is 0 Å². The van der Waals surface area contributed by atoms with Crippen LogP contribution in [0.25, 0.3) is 133 Å². The summed E-state index contributed by atoms with van der Waals surface area (Å²) in [7, 11) is 0. The first kappa shape index (κ1) is 38.1. The van der Waals surface area contributed by atoms with Crippen molar-refractivity contribution >= 4 is 75.9 Å². The monoisotopic (exact) mass is 865 g/mol. The second-order valence-corrected chi connectivity index (χ2v) is 17.5. The number of benzene rings is 11. The molecule has 11 aromatic carbocycles. The third-order valence-corrected chi connectivity index (χ3v) is 13.8. The molecule has 0 aliphatic heterocycles. The normalized spacial score (nSPS) is 11.8. The predicted molar refractivity (Wildman–Crippen MR) is 283 cm³/mol. The molecule has 5 nitrogen and oxygen atoms in total. The van der Waals surface area contributed by atoms with Gasteiger partial charge in [-0.25, -0.2) is 15.0 Å². The molecule has 0 unspecified atom stereocenters. The van der Waals surface area contributed by atoms with Crippen LogP contribution in [0, 0.1) is 0 Å². The van der Waals surface area contributed by atoms with Gasteiger partial charge in [-0.15, -0.1) is 0 Å². The highest BCUT2D eigenvalue weighted by atomic mass is 15.0. The number of hydrogen-bond acceptors (Lipinski definition) is 3. The highest BCUT2D eigenvalue weighted by molar-refractivity contribution is 6.25. The third-order valence-electron chi connectivity index (χ3n) is 13.8. The quantitative estimate of drug-likeness (QED) is 0.156. The van der Waals surface area contributed by atoms with Gasteiger partial charge in [0.25, 0.3) is 0 Å². The Labute approximate surface area is 391 Å². The van der Waals surface area contributed by atoms with E-state index in [2.05, 4.69) is 228 Å². The fourth-order valence-corrected chi connectivity index (χ4v) is 10.7. The van der Waals surface area contributed by atoms with Gasteiger partial charge < -0.3 is 9.13 Å². The van der Waals surface area contributed by atoms with Gasteiger partial charge in [0.2, 0.25) is 0 Å². The molecule has 5 heteroatoms. The first-order valence-electron chi connectivity index (χ1n) is 23.1. The topological polar surface area (TPSA) is 48.5 Å². The lowest BCUT2D eigenvalue weighted by molar-refractivity contribution is 1.07. The summed E-state index contributed by atoms with van der Waals surface area (Å²) in [6.07, 6.45) is 0. The van der Waals surface area contributed by atoms with Crippen molar-refractivity contribution in [3.63, 3.8) is 0 Å². The lowest BCUT2D eigenvalue weighted by Crippen LogP contribution is -2.02. The van der Waals surface area contributed by atoms with E-state index in [0.717, 1.165) is 50.2 Å². The van der Waals surface area contributed by atoms with E-state index >= 15 is 0 Å². The van der Waals surface area contributed by atoms with Gasteiger partial charge in [0.15, 0.2) is 17.5 Å². The molecule has 0 bridgehead atoms. The summed E-state index contributed by atoms with van der Waals surface area (Å²) in [5, 5.41) is 12.1. The molecule has 0 saturated carbocycles. The van der Waals surface area contributed by atoms with Crippen molar-refractivity contribution in [2.75, 3.05) is 0 Å². The fraction of sp³-hybridized carbons (Fsp3) is 0. The summed E-state index contributed by atoms with van der Waals surface area (Å²) in [6, 6.07) is 84.6. The highest BCUT2D eigenvalue weighted by Gasteiger charge is 2.21. The molecule has 14 rings (SSSR count). The molecule has 0 spiro atoms. The first-order chi connectivity index (χ1) is 33.7. The third kappa shape index (κ3) is 5.93. The molecule has 14 aromatic rings. The van der Waals surface area contributed by atoms with E-state index in [1.807, 2.05) is 18.2 Å². The molecule has 0 fully saturated rings. The fourth-order valence-electron chi connectivity index (χ4n) is 10.7. The van der Waals surface area contributed by atoms with E-state index in [0.29, 0.717) is 17.5 Å². The zero-order valence-electron chi connectivity index (χ0n) is 36.8. The molecule has 0 aliphatic carbocycles. The van der Waals surface area contributed by atoms with E-state index in [4.69, 9.17) is 15.0 Å². The summed E-state index contributed by atoms with van der Waals surface area (Å²) >= 11 is 0. The number of hydrogen-bond donors (Lipinski definition) is 0. The summed E-state index contributed by atoms with van der Waals surface area (Å²) in [6.45, 7) is 0. The van der Waals surface area contributed by atoms with Crippen LogP contribution in [0.3, 0.4) is 0 Å². The summed E-state index contributed by atoms with van der Waals surface area (Å²) in [4.78, 5) is 16.0. The molecule has 0 aliphatic rings. The van der Waals surface area contributed by atoms with E-state index in [1.165, 1.54) is 64.9 Å². The summed E-state index contributed by atoms with van der Waals surface area (Å²) < 4.78 is 4.78. The largest absolute Gasteiger partial charge is 0.309 e. The van der Waals surface area contributed by atoms with Gasteiger partial charge in [-0.3, -0.25) is 0 Å². The Balaban J connectivity index is 0.997. The van der Waals surface area contributed by atoms with Crippen molar-refractivity contribution in [1.82, 2.24) is 24.1 Å². The smallest absolute Gasteiger partial charge is 0.164 e. The van der Waals surface area contributed by atoms with Crippen LogP contribution in [0.1, 0.15) is 0 Å². The molecule has 3 aromatic heterocycles. The van der Waals surface area contributed by atoms with Crippen LogP contribution < -0.4 is 0 Å². The minimum Gasteiger partial charge on any atom is -0.309 e. The summed E-state index contributed by atoms with van der Waals surface area (Å²) in [5.41, 5.74) is 11.6. The minimum atomic E-state index is 0.604. The van der Waals surface area contributed by atoms with Gasteiger partial charge in [0, 0.05) is 49.6 Å². The Morgan fingerprint density at radius 3 is 1.22 bits per heavy atom. The number of rotatable bonds is 6. The molecular formula is C63H39N5. The Morgan fingerprint density at radius 2 is 0.632 bits per heavy atom. The van der Waals surface area contributed by atoms with E-state index in [1.54, 1.807) is 0 Å². The van der Waals surface area contributed by atoms with Crippen molar-refractivity contribution in [2.24, 2.45) is 0 Å². The number of nitrogens with zero attached hydrogens (tertiary/aromatic N) is 5. The van der Waals surface area contributed by atoms with Crippen molar-refractivity contribution in [1.29, 1.82) is 0 Å². The lowest BCUT2D eigenvalue weighted by Gasteiger charge is -2.16. The average molecular weight is 866 g/mol. The van der Waals surface area contributed by atoms with E-state index < -0.39 is 0 Å². The van der Waals surface area contributed by atoms with E-state index in [9.17, 15) is 0 Å². The van der Waals surface area contributed by atoms with Crippen molar-refractivity contribution < 1.29 is 0 Å². The zero-order valence-corrected chi connectivity index (χ0v) is 36.8. The Hall–Kier alpha value is -9.19. The van der Waals surface area contributed by atoms with Crippen LogP contribution in [-0.2, 0) is 0 Å². The predicted octanol–water partition coefficient (Wildman–Crippen LogP) is 16.2. The molecule has 316 valence electrons. The second kappa shape index (κ2) is 15.2. The number of aromatic nitrogens is 5. The Morgan fingerprint density at radius 1 is 0.221 bits per heavy atom.